The Bertz CT molecular complexity index is 1060. The lowest BCUT2D eigenvalue weighted by Gasteiger charge is -2.41. The Morgan fingerprint density at radius 2 is 2.00 bits per heavy atom. The van der Waals surface area contributed by atoms with Gasteiger partial charge in [0.1, 0.15) is 11.7 Å². The van der Waals surface area contributed by atoms with Gasteiger partial charge in [-0.1, -0.05) is 5.16 Å². The highest BCUT2D eigenvalue weighted by Gasteiger charge is 2.58. The van der Waals surface area contributed by atoms with E-state index in [2.05, 4.69) is 20.2 Å². The summed E-state index contributed by atoms with van der Waals surface area (Å²) in [5.74, 6) is -5.14. The fourth-order valence-corrected chi connectivity index (χ4v) is 3.61. The van der Waals surface area contributed by atoms with E-state index in [9.17, 15) is 27.6 Å². The summed E-state index contributed by atoms with van der Waals surface area (Å²) < 4.78 is 36.0. The van der Waals surface area contributed by atoms with Crippen molar-refractivity contribution >= 4 is 56.2 Å². The van der Waals surface area contributed by atoms with Crippen molar-refractivity contribution < 1.29 is 46.8 Å². The number of carboxylic acids is 1. The van der Waals surface area contributed by atoms with E-state index in [-0.39, 0.29) is 15.1 Å². The highest BCUT2D eigenvalue weighted by atomic mass is 32.2. The number of methoxy groups -OCH3 is 1. The van der Waals surface area contributed by atoms with Gasteiger partial charge >= 0.3 is 22.2 Å². The molecule has 1 aliphatic heterocycles. The van der Waals surface area contributed by atoms with Crippen LogP contribution in [0.4, 0.5) is 5.13 Å². The number of β-lactam (4-membered cyclic amide) rings is 1. The maximum atomic E-state index is 12.7. The van der Waals surface area contributed by atoms with Crippen LogP contribution in [0.5, 0.6) is 0 Å². The zero-order valence-electron chi connectivity index (χ0n) is 16.1. The largest absolute Gasteiger partial charge is 0.478 e. The van der Waals surface area contributed by atoms with Crippen molar-refractivity contribution in [3.8, 4) is 0 Å². The molecule has 31 heavy (non-hydrogen) atoms. The number of ether oxygens (including phenoxy) is 1. The van der Waals surface area contributed by atoms with Crippen LogP contribution in [0.25, 0.3) is 0 Å². The van der Waals surface area contributed by atoms with Gasteiger partial charge in [0, 0.05) is 5.38 Å². The molecule has 0 spiro atoms. The average molecular weight is 479 g/mol. The van der Waals surface area contributed by atoms with E-state index in [0.717, 1.165) is 32.3 Å². The molecule has 2 unspecified atom stereocenters. The summed E-state index contributed by atoms with van der Waals surface area (Å²) >= 11 is 0.914. The van der Waals surface area contributed by atoms with Gasteiger partial charge in [0.15, 0.2) is 16.9 Å². The minimum Gasteiger partial charge on any atom is -0.478 e. The second kappa shape index (κ2) is 8.44. The van der Waals surface area contributed by atoms with E-state index in [0.29, 0.717) is 0 Å². The van der Waals surface area contributed by atoms with Crippen LogP contribution in [0.1, 0.15) is 19.5 Å². The molecule has 5 N–H and O–H groups in total. The zero-order valence-corrected chi connectivity index (χ0v) is 17.8. The van der Waals surface area contributed by atoms with Crippen LogP contribution < -0.4 is 11.1 Å². The highest BCUT2D eigenvalue weighted by molar-refractivity contribution is 7.84. The third-order valence-corrected chi connectivity index (χ3v) is 5.47. The number of aliphatic carboxylic acids is 1. The van der Waals surface area contributed by atoms with Gasteiger partial charge < -0.3 is 25.7 Å². The smallest absolute Gasteiger partial charge is 0.363 e. The van der Waals surface area contributed by atoms with Gasteiger partial charge in [-0.25, -0.2) is 14.6 Å². The number of nitrogens with one attached hydrogen (secondary N) is 1. The number of hydrogen-bond donors (Lipinski definition) is 4. The van der Waals surface area contributed by atoms with Crippen LogP contribution in [0.15, 0.2) is 10.5 Å². The number of aromatic nitrogens is 1. The molecule has 1 aliphatic rings. The van der Waals surface area contributed by atoms with Gasteiger partial charge in [-0.05, 0) is 13.8 Å². The van der Waals surface area contributed by atoms with Crippen molar-refractivity contribution in [2.75, 3.05) is 12.8 Å². The lowest BCUT2D eigenvalue weighted by Crippen LogP contribution is -2.74. The Balaban J connectivity index is 2.36. The molecule has 0 bridgehead atoms. The normalized spacial score (nSPS) is 19.4. The van der Waals surface area contributed by atoms with Crippen molar-refractivity contribution in [3.63, 3.8) is 0 Å². The second-order valence-electron chi connectivity index (χ2n) is 6.45. The Morgan fingerprint density at radius 1 is 1.39 bits per heavy atom. The van der Waals surface area contributed by atoms with Gasteiger partial charge in [0.2, 0.25) is 5.60 Å². The van der Waals surface area contributed by atoms with E-state index < -0.39 is 57.5 Å². The van der Waals surface area contributed by atoms with Crippen LogP contribution in [0.3, 0.4) is 0 Å². The Labute approximate surface area is 178 Å². The lowest BCUT2D eigenvalue weighted by atomic mass is 9.98. The minimum absolute atomic E-state index is 0.0256. The van der Waals surface area contributed by atoms with Gasteiger partial charge in [-0.3, -0.25) is 14.1 Å². The third kappa shape index (κ3) is 4.89. The Kier molecular flexibility index (Phi) is 6.52. The Morgan fingerprint density at radius 3 is 2.45 bits per heavy atom. The zero-order chi connectivity index (χ0) is 23.7. The number of hydrogen-bond acceptors (Lipinski definition) is 12. The maximum Gasteiger partial charge on any atom is 0.363 e. The molecular formula is C14H17N5O10S2. The number of carbonyl (C=O) groups excluding carboxylic acids is 3. The first-order chi connectivity index (χ1) is 14.2. The number of nitrogen functional groups attached to an aromatic ring is 1. The second-order valence-corrected chi connectivity index (χ2v) is 8.63. The number of rotatable bonds is 8. The molecular weight excluding hydrogens is 462 g/mol. The number of carbonyl (C=O) groups is 4. The number of amides is 2. The van der Waals surface area contributed by atoms with Crippen molar-refractivity contribution in [3.05, 3.63) is 11.1 Å². The van der Waals surface area contributed by atoms with E-state index in [1.165, 1.54) is 5.38 Å². The Hall–Kier alpha value is -3.31. The van der Waals surface area contributed by atoms with Crippen LogP contribution in [-0.2, 0) is 39.1 Å². The van der Waals surface area contributed by atoms with E-state index >= 15 is 0 Å². The first-order valence-corrected chi connectivity index (χ1v) is 10.4. The molecule has 2 heterocycles. The molecule has 1 aromatic rings. The fraction of sp³-hybridized carbons (Fsp3) is 0.429. The standard InChI is InChI=1S/C14H17N5O10S2/c1-14(2,12(23)24)29-18-6(5-4-30-13(15)16-5)9(20)17-7-8(11(22)28-3)19(10(7)21)31(25,26)27/h4,7-8H,1-3H3,(H2,15,16)(H,17,20)(H,23,24)(H,25,26,27)/b18-6+. The maximum absolute atomic E-state index is 12.7. The first-order valence-electron chi connectivity index (χ1n) is 8.11. The molecule has 17 heteroatoms. The number of esters is 1. The number of oxime groups is 1. The highest BCUT2D eigenvalue weighted by Crippen LogP contribution is 2.25. The number of anilines is 1. The van der Waals surface area contributed by atoms with Crippen LogP contribution >= 0.6 is 11.3 Å². The quantitative estimate of drug-likeness (QED) is 0.104. The van der Waals surface area contributed by atoms with Gasteiger partial charge in [0.25, 0.3) is 11.8 Å². The molecule has 0 aliphatic carbocycles. The number of nitrogens with two attached hydrogens (primary N) is 1. The molecule has 0 saturated carbocycles. The molecule has 2 rings (SSSR count). The summed E-state index contributed by atoms with van der Waals surface area (Å²) in [6, 6.07) is -3.62. The van der Waals surface area contributed by atoms with Crippen molar-refractivity contribution in [1.29, 1.82) is 0 Å². The molecule has 0 radical (unpaired) electrons. The predicted octanol–water partition coefficient (Wildman–Crippen LogP) is -2.02. The van der Waals surface area contributed by atoms with Gasteiger partial charge in [0.05, 0.1) is 7.11 Å². The summed E-state index contributed by atoms with van der Waals surface area (Å²) in [7, 11) is -4.21. The van der Waals surface area contributed by atoms with Crippen molar-refractivity contribution in [1.82, 2.24) is 14.6 Å². The number of thiazole rings is 1. The fourth-order valence-electron chi connectivity index (χ4n) is 2.22. The molecule has 15 nitrogen and oxygen atoms in total. The SMILES string of the molecule is COC(=O)C1C(NC(=O)/C(=N/OC(C)(C)C(=O)O)c2csc(N)n2)C(=O)N1S(=O)(=O)O. The van der Waals surface area contributed by atoms with E-state index in [1.807, 2.05) is 0 Å². The van der Waals surface area contributed by atoms with Crippen LogP contribution in [0.2, 0.25) is 0 Å². The average Bonchev–Trinajstić information content (AvgIpc) is 3.07. The molecule has 0 aromatic carbocycles. The van der Waals surface area contributed by atoms with Crippen LogP contribution in [0, 0.1) is 0 Å². The number of nitrogens with zero attached hydrogens (tertiary/aromatic N) is 3. The topological polar surface area (TPSA) is 228 Å². The molecule has 1 saturated heterocycles. The molecule has 1 aromatic heterocycles. The third-order valence-electron chi connectivity index (χ3n) is 3.89. The number of carboxylic acid groups (broad SMARTS) is 1. The summed E-state index contributed by atoms with van der Waals surface area (Å²) in [4.78, 5) is 56.6. The summed E-state index contributed by atoms with van der Waals surface area (Å²) in [6.45, 7) is 2.30. The molecule has 2 atom stereocenters. The molecule has 1 fully saturated rings. The lowest BCUT2D eigenvalue weighted by molar-refractivity contribution is -0.162. The summed E-state index contributed by atoms with van der Waals surface area (Å²) in [5, 5.41) is 16.0. The van der Waals surface area contributed by atoms with Crippen molar-refractivity contribution in [2.24, 2.45) is 5.16 Å². The van der Waals surface area contributed by atoms with Crippen molar-refractivity contribution in [2.45, 2.75) is 31.5 Å². The van der Waals surface area contributed by atoms with Gasteiger partial charge in [-0.2, -0.15) is 12.7 Å². The summed E-state index contributed by atoms with van der Waals surface area (Å²) in [6.07, 6.45) is 0. The van der Waals surface area contributed by atoms with Crippen LogP contribution in [-0.4, -0.2) is 81.6 Å². The van der Waals surface area contributed by atoms with E-state index in [1.54, 1.807) is 0 Å². The predicted molar refractivity (Wildman–Crippen MR) is 102 cm³/mol. The first kappa shape index (κ1) is 24.0. The van der Waals surface area contributed by atoms with E-state index in [4.69, 9.17) is 20.2 Å². The minimum atomic E-state index is -5.11. The van der Waals surface area contributed by atoms with Gasteiger partial charge in [-0.15, -0.1) is 11.3 Å². The summed E-state index contributed by atoms with van der Waals surface area (Å²) in [5.41, 5.74) is 2.92. The monoisotopic (exact) mass is 479 g/mol. The molecule has 2 amide bonds. The molecule has 170 valence electrons.